The maximum atomic E-state index is 12.9. The smallest absolute Gasteiger partial charge is 0.257 e. The number of rotatable bonds is 7. The van der Waals surface area contributed by atoms with Gasteiger partial charge in [-0.25, -0.2) is 0 Å². The van der Waals surface area contributed by atoms with E-state index in [4.69, 9.17) is 4.74 Å². The number of pyridine rings is 1. The summed E-state index contributed by atoms with van der Waals surface area (Å²) < 4.78 is 7.75. The summed E-state index contributed by atoms with van der Waals surface area (Å²) in [6.45, 7) is 5.72. The summed E-state index contributed by atoms with van der Waals surface area (Å²) >= 11 is 0. The molecule has 6 heteroatoms. The van der Waals surface area contributed by atoms with Gasteiger partial charge >= 0.3 is 0 Å². The average molecular weight is 354 g/mol. The predicted octanol–water partition coefficient (Wildman–Crippen LogP) is 2.58. The SMILES string of the molecule is CCn1cc(C(=O)N2CC(COCC3CC3)C(c3ccccn3)C2)cn1. The third kappa shape index (κ3) is 3.80. The third-order valence-electron chi connectivity index (χ3n) is 5.38. The number of aromatic nitrogens is 3. The lowest BCUT2D eigenvalue weighted by Gasteiger charge is -2.17. The minimum atomic E-state index is 0.0512. The number of ether oxygens (including phenoxy) is 1. The van der Waals surface area contributed by atoms with Gasteiger partial charge in [0.15, 0.2) is 0 Å². The van der Waals surface area contributed by atoms with E-state index in [0.29, 0.717) is 25.3 Å². The van der Waals surface area contributed by atoms with Gasteiger partial charge in [-0.3, -0.25) is 14.5 Å². The Morgan fingerprint density at radius 1 is 1.27 bits per heavy atom. The molecular weight excluding hydrogens is 328 g/mol. The van der Waals surface area contributed by atoms with Crippen molar-refractivity contribution in [2.45, 2.75) is 32.2 Å². The molecule has 138 valence electrons. The Kier molecular flexibility index (Phi) is 5.02. The predicted molar refractivity (Wildman–Crippen MR) is 97.8 cm³/mol. The van der Waals surface area contributed by atoms with E-state index in [1.54, 1.807) is 10.9 Å². The highest BCUT2D eigenvalue weighted by molar-refractivity contribution is 5.94. The van der Waals surface area contributed by atoms with Gasteiger partial charge in [0.1, 0.15) is 0 Å². The highest BCUT2D eigenvalue weighted by Gasteiger charge is 2.38. The molecule has 1 amide bonds. The van der Waals surface area contributed by atoms with Crippen molar-refractivity contribution < 1.29 is 9.53 Å². The second-order valence-corrected chi connectivity index (χ2v) is 7.40. The molecule has 3 heterocycles. The van der Waals surface area contributed by atoms with Gasteiger partial charge in [-0.2, -0.15) is 5.10 Å². The van der Waals surface area contributed by atoms with Gasteiger partial charge in [0.05, 0.1) is 18.4 Å². The molecule has 0 aromatic carbocycles. The van der Waals surface area contributed by atoms with Gasteiger partial charge in [0, 0.05) is 56.2 Å². The standard InChI is InChI=1S/C20H26N4O2/c1-2-24-11-16(9-22-24)20(25)23-10-17(14-26-13-15-6-7-15)18(12-23)19-5-3-4-8-21-19/h3-5,8-9,11,15,17-18H,2,6-7,10,12-14H2,1H3. The molecule has 26 heavy (non-hydrogen) atoms. The van der Waals surface area contributed by atoms with Crippen LogP contribution in [0.25, 0.3) is 0 Å². The number of nitrogens with zero attached hydrogens (tertiary/aromatic N) is 4. The number of carbonyl (C=O) groups excluding carboxylic acids is 1. The van der Waals surface area contributed by atoms with Crippen molar-refractivity contribution in [1.82, 2.24) is 19.7 Å². The lowest BCUT2D eigenvalue weighted by atomic mass is 9.93. The van der Waals surface area contributed by atoms with Crippen LogP contribution < -0.4 is 0 Å². The van der Waals surface area contributed by atoms with E-state index in [2.05, 4.69) is 16.1 Å². The summed E-state index contributed by atoms with van der Waals surface area (Å²) in [5.41, 5.74) is 1.71. The van der Waals surface area contributed by atoms with Crippen LogP contribution in [0.2, 0.25) is 0 Å². The Hall–Kier alpha value is -2.21. The normalized spacial score (nSPS) is 22.7. The summed E-state index contributed by atoms with van der Waals surface area (Å²) in [5, 5.41) is 4.23. The van der Waals surface area contributed by atoms with Crippen molar-refractivity contribution in [3.63, 3.8) is 0 Å². The van der Waals surface area contributed by atoms with E-state index in [1.165, 1.54) is 12.8 Å². The molecule has 4 rings (SSSR count). The van der Waals surface area contributed by atoms with Crippen molar-refractivity contribution in [2.24, 2.45) is 11.8 Å². The van der Waals surface area contributed by atoms with Crippen LogP contribution in [0.4, 0.5) is 0 Å². The topological polar surface area (TPSA) is 60.2 Å². The van der Waals surface area contributed by atoms with E-state index in [0.717, 1.165) is 24.8 Å². The number of carbonyl (C=O) groups is 1. The first-order chi connectivity index (χ1) is 12.7. The first kappa shape index (κ1) is 17.2. The Bertz CT molecular complexity index is 741. The Morgan fingerprint density at radius 3 is 2.85 bits per heavy atom. The van der Waals surface area contributed by atoms with Crippen LogP contribution in [0, 0.1) is 11.8 Å². The molecule has 0 N–H and O–H groups in total. The second-order valence-electron chi connectivity index (χ2n) is 7.40. The molecule has 2 unspecified atom stereocenters. The second kappa shape index (κ2) is 7.58. The fourth-order valence-corrected chi connectivity index (χ4v) is 3.64. The molecule has 0 spiro atoms. The van der Waals surface area contributed by atoms with Crippen LogP contribution >= 0.6 is 0 Å². The van der Waals surface area contributed by atoms with Crippen LogP contribution in [0.3, 0.4) is 0 Å². The zero-order valence-electron chi connectivity index (χ0n) is 15.3. The highest BCUT2D eigenvalue weighted by atomic mass is 16.5. The van der Waals surface area contributed by atoms with Gasteiger partial charge in [-0.05, 0) is 37.8 Å². The fourth-order valence-electron chi connectivity index (χ4n) is 3.64. The first-order valence-corrected chi connectivity index (χ1v) is 9.55. The molecule has 1 aliphatic heterocycles. The molecule has 2 aliphatic rings. The van der Waals surface area contributed by atoms with Crippen LogP contribution in [0.5, 0.6) is 0 Å². The van der Waals surface area contributed by atoms with E-state index in [1.807, 2.05) is 36.4 Å². The first-order valence-electron chi connectivity index (χ1n) is 9.55. The minimum Gasteiger partial charge on any atom is -0.381 e. The lowest BCUT2D eigenvalue weighted by Crippen LogP contribution is -2.29. The number of hydrogen-bond acceptors (Lipinski definition) is 4. The van der Waals surface area contributed by atoms with E-state index >= 15 is 0 Å². The Balaban J connectivity index is 1.47. The Morgan fingerprint density at radius 2 is 2.15 bits per heavy atom. The number of aryl methyl sites for hydroxylation is 1. The van der Waals surface area contributed by atoms with Crippen LogP contribution in [0.15, 0.2) is 36.8 Å². The average Bonchev–Trinajstić information content (AvgIpc) is 3.21. The molecule has 2 fully saturated rings. The van der Waals surface area contributed by atoms with Crippen molar-refractivity contribution in [1.29, 1.82) is 0 Å². The van der Waals surface area contributed by atoms with E-state index in [-0.39, 0.29) is 17.7 Å². The maximum absolute atomic E-state index is 12.9. The summed E-state index contributed by atoms with van der Waals surface area (Å²) in [6.07, 6.45) is 7.90. The number of hydrogen-bond donors (Lipinski definition) is 0. The van der Waals surface area contributed by atoms with E-state index < -0.39 is 0 Å². The van der Waals surface area contributed by atoms with Crippen molar-refractivity contribution in [2.75, 3.05) is 26.3 Å². The quantitative estimate of drug-likeness (QED) is 0.767. The van der Waals surface area contributed by atoms with Crippen LogP contribution in [-0.2, 0) is 11.3 Å². The Labute approximate surface area is 154 Å². The summed E-state index contributed by atoms with van der Waals surface area (Å²) in [4.78, 5) is 19.4. The fraction of sp³-hybridized carbons (Fsp3) is 0.550. The summed E-state index contributed by atoms with van der Waals surface area (Å²) in [5.74, 6) is 1.31. The van der Waals surface area contributed by atoms with Gasteiger partial charge in [0.25, 0.3) is 5.91 Å². The lowest BCUT2D eigenvalue weighted by molar-refractivity contribution is 0.0739. The molecular formula is C20H26N4O2. The molecule has 2 aromatic rings. The molecule has 0 bridgehead atoms. The van der Waals surface area contributed by atoms with Gasteiger partial charge in [-0.1, -0.05) is 6.07 Å². The molecule has 0 radical (unpaired) electrons. The minimum absolute atomic E-state index is 0.0512. The highest BCUT2D eigenvalue weighted by Crippen LogP contribution is 2.34. The summed E-state index contributed by atoms with van der Waals surface area (Å²) in [7, 11) is 0. The van der Waals surface area contributed by atoms with Crippen LogP contribution in [0.1, 0.15) is 41.7 Å². The van der Waals surface area contributed by atoms with Gasteiger partial charge < -0.3 is 9.64 Å². The maximum Gasteiger partial charge on any atom is 0.257 e. The largest absolute Gasteiger partial charge is 0.381 e. The molecule has 2 atom stereocenters. The monoisotopic (exact) mass is 354 g/mol. The van der Waals surface area contributed by atoms with E-state index in [9.17, 15) is 4.79 Å². The van der Waals surface area contributed by atoms with Gasteiger partial charge in [-0.15, -0.1) is 0 Å². The van der Waals surface area contributed by atoms with Crippen LogP contribution in [-0.4, -0.2) is 51.9 Å². The zero-order chi connectivity index (χ0) is 17.9. The van der Waals surface area contributed by atoms with Gasteiger partial charge in [0.2, 0.25) is 0 Å². The van der Waals surface area contributed by atoms with Crippen molar-refractivity contribution >= 4 is 5.91 Å². The third-order valence-corrected chi connectivity index (χ3v) is 5.38. The van der Waals surface area contributed by atoms with Crippen molar-refractivity contribution in [3.05, 3.63) is 48.0 Å². The number of amides is 1. The van der Waals surface area contributed by atoms with Crippen molar-refractivity contribution in [3.8, 4) is 0 Å². The molecule has 1 saturated carbocycles. The molecule has 1 saturated heterocycles. The molecule has 6 nitrogen and oxygen atoms in total. The molecule has 2 aromatic heterocycles. The number of likely N-dealkylation sites (tertiary alicyclic amines) is 1. The zero-order valence-corrected chi connectivity index (χ0v) is 15.3. The summed E-state index contributed by atoms with van der Waals surface area (Å²) in [6, 6.07) is 6.00. The molecule has 1 aliphatic carbocycles.